The van der Waals surface area contributed by atoms with Crippen molar-refractivity contribution in [3.8, 4) is 11.5 Å². The Hall–Kier alpha value is -3.95. The van der Waals surface area contributed by atoms with Crippen LogP contribution in [0.1, 0.15) is 29.8 Å². The Kier molecular flexibility index (Phi) is 9.29. The maximum absolute atomic E-state index is 12.6. The highest BCUT2D eigenvalue weighted by Crippen LogP contribution is 2.34. The lowest BCUT2D eigenvalue weighted by Gasteiger charge is -2.16. The third-order valence-corrected chi connectivity index (χ3v) is 6.56. The van der Waals surface area contributed by atoms with E-state index in [1.54, 1.807) is 47.3 Å². The number of anilines is 1. The minimum Gasteiger partial charge on any atom is -0.488 e. The van der Waals surface area contributed by atoms with Gasteiger partial charge < -0.3 is 29.6 Å². The van der Waals surface area contributed by atoms with Crippen molar-refractivity contribution in [2.24, 2.45) is 0 Å². The number of carbonyl (C=O) groups is 1. The molecule has 11 nitrogen and oxygen atoms in total. The van der Waals surface area contributed by atoms with Gasteiger partial charge in [-0.2, -0.15) is 0 Å². The van der Waals surface area contributed by atoms with Gasteiger partial charge >= 0.3 is 0 Å². The molecule has 2 aromatic carbocycles. The first kappa shape index (κ1) is 27.1. The smallest absolute Gasteiger partial charge is 0.261 e. The van der Waals surface area contributed by atoms with Crippen LogP contribution in [0.2, 0.25) is 0 Å². The summed E-state index contributed by atoms with van der Waals surface area (Å²) in [6, 6.07) is 14.4. The number of ether oxygens (including phenoxy) is 2. The van der Waals surface area contributed by atoms with Crippen LogP contribution in [0.15, 0.2) is 61.2 Å². The number of aromatic nitrogens is 4. The lowest BCUT2D eigenvalue weighted by Crippen LogP contribution is -2.28. The number of hydrogen-bond acceptors (Lipinski definition) is 9. The highest BCUT2D eigenvalue weighted by molar-refractivity contribution is 7.39. The third-order valence-electron chi connectivity index (χ3n) is 5.71. The molecule has 0 aliphatic carbocycles. The average Bonchev–Trinajstić information content (AvgIpc) is 3.34. The molecule has 12 heteroatoms. The van der Waals surface area contributed by atoms with Gasteiger partial charge in [0.1, 0.15) is 24.8 Å². The molecular weight excluding hydrogens is 507 g/mol. The van der Waals surface area contributed by atoms with Crippen LogP contribution in [-0.4, -0.2) is 51.0 Å². The van der Waals surface area contributed by atoms with Gasteiger partial charge in [0.15, 0.2) is 23.0 Å². The fraction of sp³-hybridized carbons (Fsp3) is 0.308. The number of nitrogens with two attached hydrogens (primary N) is 1. The summed E-state index contributed by atoms with van der Waals surface area (Å²) in [4.78, 5) is 24.7. The van der Waals surface area contributed by atoms with Crippen LogP contribution < -0.4 is 20.3 Å². The Morgan fingerprint density at radius 3 is 2.63 bits per heavy atom. The predicted octanol–water partition coefficient (Wildman–Crippen LogP) is 3.70. The van der Waals surface area contributed by atoms with E-state index in [9.17, 15) is 9.36 Å². The molecule has 0 bridgehead atoms. The first-order chi connectivity index (χ1) is 18.4. The minimum absolute atomic E-state index is 0.0726. The Bertz CT molecular complexity index is 1390. The number of amides is 1. The van der Waals surface area contributed by atoms with Gasteiger partial charge in [-0.3, -0.25) is 9.36 Å². The summed E-state index contributed by atoms with van der Waals surface area (Å²) in [6.07, 6.45) is 3.56. The normalized spacial score (nSPS) is 12.7. The van der Waals surface area contributed by atoms with Crippen LogP contribution in [0.25, 0.3) is 11.2 Å². The fourth-order valence-electron chi connectivity index (χ4n) is 3.70. The average molecular weight is 539 g/mol. The van der Waals surface area contributed by atoms with E-state index >= 15 is 0 Å². The lowest BCUT2D eigenvalue weighted by atomic mass is 10.1. The maximum atomic E-state index is 12.6. The molecule has 2 atom stereocenters. The Labute approximate surface area is 221 Å². The van der Waals surface area contributed by atoms with Crippen molar-refractivity contribution in [2.75, 3.05) is 25.2 Å². The first-order valence-corrected chi connectivity index (χ1v) is 13.8. The van der Waals surface area contributed by atoms with Gasteiger partial charge in [-0.15, -0.1) is 0 Å². The Balaban J connectivity index is 1.22. The van der Waals surface area contributed by atoms with Gasteiger partial charge in [0.05, 0.1) is 25.5 Å². The summed E-state index contributed by atoms with van der Waals surface area (Å²) in [7, 11) is -2.56. The topological polar surface area (TPSA) is 143 Å². The molecule has 4 rings (SSSR count). The van der Waals surface area contributed by atoms with Crippen molar-refractivity contribution in [1.29, 1.82) is 0 Å². The number of nitrogens with zero attached hydrogens (tertiary/aromatic N) is 4. The molecule has 200 valence electrons. The van der Waals surface area contributed by atoms with Gasteiger partial charge in [0, 0.05) is 5.56 Å². The van der Waals surface area contributed by atoms with Gasteiger partial charge in [-0.05, 0) is 43.2 Å². The van der Waals surface area contributed by atoms with Gasteiger partial charge in [-0.25, -0.2) is 15.0 Å². The zero-order chi connectivity index (χ0) is 26.9. The van der Waals surface area contributed by atoms with Crippen molar-refractivity contribution in [3.63, 3.8) is 0 Å². The van der Waals surface area contributed by atoms with Crippen LogP contribution in [0.5, 0.6) is 11.5 Å². The molecule has 0 radical (unpaired) electrons. The molecule has 4 aromatic rings. The summed E-state index contributed by atoms with van der Waals surface area (Å²) in [5.74, 6) is 0.923. The van der Waals surface area contributed by atoms with E-state index in [1.165, 1.54) is 11.9 Å². The number of fused-ring (bicyclic) bond motifs is 1. The number of carbonyl (C=O) groups excluding carboxylic acids is 1. The molecule has 0 saturated heterocycles. The molecular formula is C26H31N6O5P. The molecule has 2 aromatic heterocycles. The second-order valence-electron chi connectivity index (χ2n) is 8.53. The van der Waals surface area contributed by atoms with Crippen molar-refractivity contribution in [1.82, 2.24) is 24.8 Å². The standard InChI is InChI=1S/C26H31N6O5P/c1-3-19-8-10-20(11-9-19)26(33)28-12-13-35-21-6-4-5-7-22(21)37-38(34)17-36-18(2)14-32-16-31-23-24(27)29-15-30-25(23)32/h4-11,15-16,18,38H,3,12-14,17H2,1-2H3,(H,28,33)(H2,27,29,30). The summed E-state index contributed by atoms with van der Waals surface area (Å²) in [6.45, 7) is 4.89. The second-order valence-corrected chi connectivity index (χ2v) is 9.76. The molecule has 0 aliphatic rings. The van der Waals surface area contributed by atoms with Crippen molar-refractivity contribution >= 4 is 30.9 Å². The van der Waals surface area contributed by atoms with Crippen LogP contribution in [0, 0.1) is 0 Å². The third kappa shape index (κ3) is 7.08. The zero-order valence-electron chi connectivity index (χ0n) is 21.3. The highest BCUT2D eigenvalue weighted by atomic mass is 31.1. The minimum atomic E-state index is -2.56. The van der Waals surface area contributed by atoms with Crippen molar-refractivity contribution in [3.05, 3.63) is 72.3 Å². The fourth-order valence-corrected chi connectivity index (χ4v) is 4.59. The van der Waals surface area contributed by atoms with Crippen LogP contribution >= 0.6 is 8.03 Å². The van der Waals surface area contributed by atoms with Crippen LogP contribution in [0.3, 0.4) is 0 Å². The number of rotatable bonds is 13. The first-order valence-electron chi connectivity index (χ1n) is 12.3. The zero-order valence-corrected chi connectivity index (χ0v) is 22.3. The second kappa shape index (κ2) is 13.0. The molecule has 0 spiro atoms. The number of nitrogens with one attached hydrogen (secondary N) is 1. The number of imidazole rings is 1. The monoisotopic (exact) mass is 538 g/mol. The molecule has 2 unspecified atom stereocenters. The largest absolute Gasteiger partial charge is 0.488 e. The summed E-state index contributed by atoms with van der Waals surface area (Å²) in [5, 5.41) is 2.83. The van der Waals surface area contributed by atoms with Crippen LogP contribution in [-0.2, 0) is 22.3 Å². The predicted molar refractivity (Wildman–Crippen MR) is 145 cm³/mol. The van der Waals surface area contributed by atoms with Gasteiger partial charge in [0.25, 0.3) is 13.9 Å². The SMILES string of the molecule is CCc1ccc(C(=O)NCCOc2ccccc2O[PH](=O)COC(C)Cn2cnc3c(N)ncnc32)cc1. The van der Waals surface area contributed by atoms with E-state index in [0.717, 1.165) is 6.42 Å². The van der Waals surface area contributed by atoms with E-state index in [2.05, 4.69) is 27.2 Å². The molecule has 38 heavy (non-hydrogen) atoms. The number of hydrogen-bond donors (Lipinski definition) is 2. The Morgan fingerprint density at radius 1 is 1.11 bits per heavy atom. The lowest BCUT2D eigenvalue weighted by molar-refractivity contribution is 0.0851. The van der Waals surface area contributed by atoms with E-state index in [4.69, 9.17) is 19.7 Å². The highest BCUT2D eigenvalue weighted by Gasteiger charge is 2.14. The molecule has 0 aliphatic heterocycles. The molecule has 2 heterocycles. The van der Waals surface area contributed by atoms with Crippen molar-refractivity contribution in [2.45, 2.75) is 32.9 Å². The number of nitrogen functional groups attached to an aromatic ring is 1. The summed E-state index contributed by atoms with van der Waals surface area (Å²) < 4.78 is 31.6. The molecule has 0 saturated carbocycles. The number of aryl methyl sites for hydroxylation is 1. The van der Waals surface area contributed by atoms with E-state index in [1.807, 2.05) is 19.1 Å². The summed E-state index contributed by atoms with van der Waals surface area (Å²) >= 11 is 0. The van der Waals surface area contributed by atoms with Crippen LogP contribution in [0.4, 0.5) is 5.82 Å². The van der Waals surface area contributed by atoms with Gasteiger partial charge in [-0.1, -0.05) is 31.2 Å². The Morgan fingerprint density at radius 2 is 1.87 bits per heavy atom. The molecule has 0 fully saturated rings. The van der Waals surface area contributed by atoms with Crippen molar-refractivity contribution < 1.29 is 23.4 Å². The van der Waals surface area contributed by atoms with E-state index in [0.29, 0.717) is 47.1 Å². The van der Waals surface area contributed by atoms with Gasteiger partial charge in [0.2, 0.25) is 0 Å². The number of para-hydroxylation sites is 2. The summed E-state index contributed by atoms with van der Waals surface area (Å²) in [5.41, 5.74) is 8.73. The number of benzene rings is 2. The maximum Gasteiger partial charge on any atom is 0.261 e. The quantitative estimate of drug-likeness (QED) is 0.192. The molecule has 1 amide bonds. The van der Waals surface area contributed by atoms with E-state index in [-0.39, 0.29) is 25.0 Å². The van der Waals surface area contributed by atoms with E-state index < -0.39 is 8.03 Å². The molecule has 3 N–H and O–H groups in total.